The second-order valence-corrected chi connectivity index (χ2v) is 6.64. The number of anilines is 2. The number of ketones is 1. The van der Waals surface area contributed by atoms with E-state index in [0.29, 0.717) is 16.9 Å². The number of carbonyl (C=O) groups excluding carboxylic acids is 2. The van der Waals surface area contributed by atoms with E-state index in [2.05, 4.69) is 25.6 Å². The summed E-state index contributed by atoms with van der Waals surface area (Å²) in [5.74, 6) is -0.888. The van der Waals surface area contributed by atoms with Gasteiger partial charge in [-0.25, -0.2) is 23.4 Å². The zero-order valence-corrected chi connectivity index (χ0v) is 16.9. The average Bonchev–Trinajstić information content (AvgIpc) is 3.16. The molecule has 0 spiro atoms. The van der Waals surface area contributed by atoms with E-state index in [1.807, 2.05) is 13.0 Å². The maximum atomic E-state index is 12.9. The fourth-order valence-corrected chi connectivity index (χ4v) is 2.80. The lowest BCUT2D eigenvalue weighted by atomic mass is 10.1. The number of rotatable bonds is 9. The molecule has 2 heterocycles. The first-order chi connectivity index (χ1) is 14.8. The number of hydrogen-bond donors (Lipinski definition) is 1. The van der Waals surface area contributed by atoms with Crippen LogP contribution in [-0.2, 0) is 20.9 Å². The van der Waals surface area contributed by atoms with Crippen LogP contribution in [0.1, 0.15) is 31.0 Å². The lowest BCUT2D eigenvalue weighted by molar-refractivity contribution is -0.145. The van der Waals surface area contributed by atoms with Crippen LogP contribution >= 0.6 is 0 Å². The molecule has 0 amide bonds. The van der Waals surface area contributed by atoms with E-state index in [1.165, 1.54) is 10.9 Å². The van der Waals surface area contributed by atoms with Crippen molar-refractivity contribution in [3.8, 4) is 11.3 Å². The van der Waals surface area contributed by atoms with E-state index in [9.17, 15) is 18.4 Å². The first-order valence-corrected chi connectivity index (χ1v) is 9.41. The molecule has 31 heavy (non-hydrogen) atoms. The normalized spacial score (nSPS) is 10.9. The molecule has 0 unspecified atom stereocenters. The Bertz CT molecular complexity index is 1090. The third kappa shape index (κ3) is 6.11. The van der Waals surface area contributed by atoms with Gasteiger partial charge in [0.15, 0.2) is 5.78 Å². The average molecular weight is 430 g/mol. The minimum Gasteiger partial charge on any atom is -0.466 e. The molecule has 11 heteroatoms. The Hall–Kier alpha value is -3.76. The summed E-state index contributed by atoms with van der Waals surface area (Å²) in [7, 11) is 0. The van der Waals surface area contributed by atoms with Crippen LogP contribution < -0.4 is 5.32 Å². The number of nitrogens with zero attached hydrogens (tertiary/aromatic N) is 5. The molecule has 0 aliphatic carbocycles. The summed E-state index contributed by atoms with van der Waals surface area (Å²) in [5.41, 5.74) is 2.27. The van der Waals surface area contributed by atoms with Gasteiger partial charge in [-0.2, -0.15) is 0 Å². The quantitative estimate of drug-likeness (QED) is 0.407. The summed E-state index contributed by atoms with van der Waals surface area (Å²) in [5, 5.41) is 10.9. The molecule has 0 aliphatic rings. The van der Waals surface area contributed by atoms with Crippen LogP contribution in [0.4, 0.5) is 20.4 Å². The van der Waals surface area contributed by atoms with Crippen molar-refractivity contribution < 1.29 is 23.1 Å². The number of alkyl halides is 2. The van der Waals surface area contributed by atoms with Crippen molar-refractivity contribution >= 4 is 23.4 Å². The van der Waals surface area contributed by atoms with Crippen LogP contribution in [0, 0.1) is 6.92 Å². The summed E-state index contributed by atoms with van der Waals surface area (Å²) in [4.78, 5) is 31.1. The number of aryl methyl sites for hydroxylation is 1. The Balaban J connectivity index is 1.74. The minimum absolute atomic E-state index is 0.0440. The van der Waals surface area contributed by atoms with Gasteiger partial charge in [-0.05, 0) is 43.7 Å². The maximum Gasteiger partial charge on any atom is 0.313 e. The molecule has 2 aromatic heterocycles. The second-order valence-electron chi connectivity index (χ2n) is 6.64. The van der Waals surface area contributed by atoms with Crippen molar-refractivity contribution in [2.45, 2.75) is 33.2 Å². The van der Waals surface area contributed by atoms with Crippen LogP contribution in [-0.4, -0.2) is 43.3 Å². The molecular weight excluding hydrogens is 410 g/mol. The van der Waals surface area contributed by atoms with Gasteiger partial charge >= 0.3 is 5.97 Å². The lowest BCUT2D eigenvalue weighted by Gasteiger charge is -2.09. The molecule has 162 valence electrons. The molecule has 3 rings (SSSR count). The van der Waals surface area contributed by atoms with Crippen LogP contribution in [0.25, 0.3) is 11.3 Å². The summed E-state index contributed by atoms with van der Waals surface area (Å²) >= 11 is 0. The molecule has 0 aliphatic heterocycles. The first kappa shape index (κ1) is 21.9. The highest BCUT2D eigenvalue weighted by atomic mass is 19.3. The highest BCUT2D eigenvalue weighted by molar-refractivity contribution is 5.95. The smallest absolute Gasteiger partial charge is 0.313 e. The number of hydrogen-bond acceptors (Lipinski definition) is 8. The number of aromatic nitrogens is 5. The number of Topliss-reactive ketones (excluding diaryl/α,β-unsaturated/α-hetero) is 1. The van der Waals surface area contributed by atoms with Crippen LogP contribution in [0.5, 0.6) is 0 Å². The van der Waals surface area contributed by atoms with Gasteiger partial charge in [0.05, 0.1) is 12.8 Å². The van der Waals surface area contributed by atoms with Gasteiger partial charge in [0.2, 0.25) is 5.95 Å². The largest absolute Gasteiger partial charge is 0.466 e. The number of benzene rings is 1. The lowest BCUT2D eigenvalue weighted by Crippen LogP contribution is -2.16. The minimum atomic E-state index is -2.70. The Labute approximate surface area is 176 Å². The summed E-state index contributed by atoms with van der Waals surface area (Å²) in [6.07, 6.45) is -0.195. The van der Waals surface area contributed by atoms with Crippen LogP contribution in [0.15, 0.2) is 36.7 Å². The van der Waals surface area contributed by atoms with Gasteiger partial charge in [0.25, 0.3) is 6.43 Å². The predicted octanol–water partition coefficient (Wildman–Crippen LogP) is 3.25. The Morgan fingerprint density at radius 3 is 2.81 bits per heavy atom. The fourth-order valence-electron chi connectivity index (χ4n) is 2.80. The standard InChI is InChI=1S/C20H20F2N6O3/c1-3-31-18(30)9-15(29)10-28-11-17(26-27-28)13-6-12(2)7-14(8-13)24-20-23-5-4-16(25-20)19(21)22/h4-8,11,19H,3,9-10H2,1-2H3,(H,23,24,25). The van der Waals surface area contributed by atoms with Crippen LogP contribution in [0.3, 0.4) is 0 Å². The van der Waals surface area contributed by atoms with E-state index in [4.69, 9.17) is 4.74 Å². The topological polar surface area (TPSA) is 112 Å². The molecule has 9 nitrogen and oxygen atoms in total. The third-order valence-corrected chi connectivity index (χ3v) is 4.05. The highest BCUT2D eigenvalue weighted by Crippen LogP contribution is 2.25. The molecule has 3 aromatic rings. The SMILES string of the molecule is CCOC(=O)CC(=O)Cn1cc(-c2cc(C)cc(Nc3nccc(C(F)F)n3)c2)nn1. The van der Waals surface area contributed by atoms with Gasteiger partial charge < -0.3 is 10.1 Å². The molecule has 1 aromatic carbocycles. The van der Waals surface area contributed by atoms with Gasteiger partial charge in [0.1, 0.15) is 24.4 Å². The van der Waals surface area contributed by atoms with E-state index < -0.39 is 12.4 Å². The monoisotopic (exact) mass is 430 g/mol. The Morgan fingerprint density at radius 2 is 2.06 bits per heavy atom. The fraction of sp³-hybridized carbons (Fsp3) is 0.300. The number of ether oxygens (including phenoxy) is 1. The van der Waals surface area contributed by atoms with E-state index in [1.54, 1.807) is 25.3 Å². The van der Waals surface area contributed by atoms with Crippen molar-refractivity contribution in [1.29, 1.82) is 0 Å². The zero-order chi connectivity index (χ0) is 22.4. The summed E-state index contributed by atoms with van der Waals surface area (Å²) in [6.45, 7) is 3.62. The van der Waals surface area contributed by atoms with Crippen molar-refractivity contribution in [3.05, 3.63) is 47.9 Å². The van der Waals surface area contributed by atoms with Crippen molar-refractivity contribution in [3.63, 3.8) is 0 Å². The van der Waals surface area contributed by atoms with E-state index in [0.717, 1.165) is 11.6 Å². The predicted molar refractivity (Wildman–Crippen MR) is 107 cm³/mol. The second kappa shape index (κ2) is 9.83. The van der Waals surface area contributed by atoms with E-state index >= 15 is 0 Å². The van der Waals surface area contributed by atoms with Gasteiger partial charge in [-0.15, -0.1) is 5.10 Å². The van der Waals surface area contributed by atoms with Gasteiger partial charge in [-0.3, -0.25) is 9.59 Å². The maximum absolute atomic E-state index is 12.9. The number of halogens is 2. The molecular formula is C20H20F2N6O3. The van der Waals surface area contributed by atoms with E-state index in [-0.39, 0.29) is 37.0 Å². The van der Waals surface area contributed by atoms with Crippen LogP contribution in [0.2, 0.25) is 0 Å². The Morgan fingerprint density at radius 1 is 1.26 bits per heavy atom. The third-order valence-electron chi connectivity index (χ3n) is 4.05. The molecule has 0 saturated heterocycles. The van der Waals surface area contributed by atoms with Gasteiger partial charge in [-0.1, -0.05) is 5.21 Å². The summed E-state index contributed by atoms with van der Waals surface area (Å²) < 4.78 is 31.8. The Kier molecular flexibility index (Phi) is 6.96. The van der Waals surface area contributed by atoms with Crippen molar-refractivity contribution in [2.75, 3.05) is 11.9 Å². The van der Waals surface area contributed by atoms with Crippen molar-refractivity contribution in [2.24, 2.45) is 0 Å². The number of carbonyl (C=O) groups is 2. The summed E-state index contributed by atoms with van der Waals surface area (Å²) in [6, 6.07) is 6.55. The molecule has 0 bridgehead atoms. The number of nitrogens with one attached hydrogen (secondary N) is 1. The zero-order valence-electron chi connectivity index (χ0n) is 16.9. The van der Waals surface area contributed by atoms with Crippen molar-refractivity contribution in [1.82, 2.24) is 25.0 Å². The molecule has 0 saturated carbocycles. The molecule has 1 N–H and O–H groups in total. The first-order valence-electron chi connectivity index (χ1n) is 9.41. The molecule has 0 fully saturated rings. The molecule has 0 atom stereocenters. The number of esters is 1. The highest BCUT2D eigenvalue weighted by Gasteiger charge is 2.14. The van der Waals surface area contributed by atoms with Gasteiger partial charge in [0, 0.05) is 17.4 Å². The molecule has 0 radical (unpaired) electrons.